The van der Waals surface area contributed by atoms with E-state index >= 15 is 0 Å². The summed E-state index contributed by atoms with van der Waals surface area (Å²) in [6.45, 7) is 2.30. The fourth-order valence-electron chi connectivity index (χ4n) is 4.14. The fourth-order valence-corrected chi connectivity index (χ4v) is 4.81. The van der Waals surface area contributed by atoms with Crippen molar-refractivity contribution in [1.29, 1.82) is 0 Å². The van der Waals surface area contributed by atoms with E-state index in [-0.39, 0.29) is 34.4 Å². The Labute approximate surface area is 207 Å². The van der Waals surface area contributed by atoms with Gasteiger partial charge in [-0.1, -0.05) is 35.3 Å². The Bertz CT molecular complexity index is 1210. The molecule has 2 unspecified atom stereocenters. The molecule has 0 bridgehead atoms. The Morgan fingerprint density at radius 3 is 2.71 bits per heavy atom. The number of carbonyl (C=O) groups is 1. The number of nitrogens with two attached hydrogens (primary N) is 1. The predicted octanol–water partition coefficient (Wildman–Crippen LogP) is 5.51. The largest absolute Gasteiger partial charge is 0.482 e. The summed E-state index contributed by atoms with van der Waals surface area (Å²) in [7, 11) is 0. The maximum Gasteiger partial charge on any atom is 0.254 e. The smallest absolute Gasteiger partial charge is 0.254 e. The molecule has 3 aromatic rings. The molecule has 1 amide bonds. The maximum absolute atomic E-state index is 13.9. The van der Waals surface area contributed by atoms with Gasteiger partial charge in [0.25, 0.3) is 5.91 Å². The quantitative estimate of drug-likeness (QED) is 0.432. The molecular formula is C25H24Cl2FN3O3. The van der Waals surface area contributed by atoms with Gasteiger partial charge >= 0.3 is 0 Å². The second-order valence-electron chi connectivity index (χ2n) is 8.18. The lowest BCUT2D eigenvalue weighted by atomic mass is 10.0. The molecule has 1 saturated heterocycles. The average molecular weight is 504 g/mol. The standard InChI is InChI=1S/C25H24Cl2FN3O3/c1-14(22-19(26)8-9-20(28)23(22)27)34-21-11-17(12-30-24(21)29)15-4-6-16(7-5-15)25(33)31-10-2-3-18(31)13-32/h4-9,11-12,14,18,32H,2-3,10,13H2,1H3,(H2,29,30). The number of aliphatic hydroxyl groups excluding tert-OH is 1. The van der Waals surface area contributed by atoms with Crippen LogP contribution in [0.1, 0.15) is 41.8 Å². The van der Waals surface area contributed by atoms with Crippen LogP contribution in [0, 0.1) is 5.82 Å². The Morgan fingerprint density at radius 1 is 1.26 bits per heavy atom. The Balaban J connectivity index is 1.55. The molecular weight excluding hydrogens is 480 g/mol. The molecule has 0 spiro atoms. The normalized spacial score (nSPS) is 16.5. The van der Waals surface area contributed by atoms with Gasteiger partial charge in [-0.3, -0.25) is 4.79 Å². The van der Waals surface area contributed by atoms with Crippen molar-refractivity contribution in [3.05, 3.63) is 75.7 Å². The zero-order valence-corrected chi connectivity index (χ0v) is 20.0. The molecule has 2 aromatic carbocycles. The highest BCUT2D eigenvalue weighted by Crippen LogP contribution is 2.37. The Morgan fingerprint density at radius 2 is 2.00 bits per heavy atom. The molecule has 3 N–H and O–H groups in total. The number of halogens is 3. The van der Waals surface area contributed by atoms with Crippen LogP contribution in [0.15, 0.2) is 48.7 Å². The van der Waals surface area contributed by atoms with Crippen molar-refractivity contribution in [3.63, 3.8) is 0 Å². The minimum absolute atomic E-state index is 0.0336. The van der Waals surface area contributed by atoms with Crippen LogP contribution in [0.25, 0.3) is 11.1 Å². The summed E-state index contributed by atoms with van der Waals surface area (Å²) in [6, 6.07) is 11.3. The maximum atomic E-state index is 13.9. The van der Waals surface area contributed by atoms with Gasteiger partial charge in [0, 0.05) is 34.5 Å². The molecule has 1 aliphatic rings. The number of hydrogen-bond donors (Lipinski definition) is 2. The van der Waals surface area contributed by atoms with Crippen LogP contribution in [-0.4, -0.2) is 40.1 Å². The number of anilines is 1. The van der Waals surface area contributed by atoms with Gasteiger partial charge in [-0.25, -0.2) is 9.37 Å². The zero-order valence-electron chi connectivity index (χ0n) is 18.5. The van der Waals surface area contributed by atoms with Gasteiger partial charge < -0.3 is 20.5 Å². The van der Waals surface area contributed by atoms with Gasteiger partial charge in [-0.2, -0.15) is 0 Å². The summed E-state index contributed by atoms with van der Waals surface area (Å²) in [6.07, 6.45) is 2.62. The molecule has 0 radical (unpaired) electrons. The summed E-state index contributed by atoms with van der Waals surface area (Å²) in [4.78, 5) is 18.7. The second-order valence-corrected chi connectivity index (χ2v) is 8.96. The van der Waals surface area contributed by atoms with E-state index in [1.54, 1.807) is 36.2 Å². The van der Waals surface area contributed by atoms with Crippen LogP contribution in [-0.2, 0) is 0 Å². The third-order valence-electron chi connectivity index (χ3n) is 5.99. The van der Waals surface area contributed by atoms with Crippen molar-refractivity contribution in [2.45, 2.75) is 31.9 Å². The van der Waals surface area contributed by atoms with Crippen LogP contribution in [0.3, 0.4) is 0 Å². The molecule has 1 fully saturated rings. The molecule has 34 heavy (non-hydrogen) atoms. The second kappa shape index (κ2) is 10.2. The van der Waals surface area contributed by atoms with Crippen molar-refractivity contribution in [3.8, 4) is 16.9 Å². The molecule has 1 aliphatic heterocycles. The van der Waals surface area contributed by atoms with Gasteiger partial charge in [0.05, 0.1) is 17.7 Å². The predicted molar refractivity (Wildman–Crippen MR) is 131 cm³/mol. The van der Waals surface area contributed by atoms with Crippen LogP contribution < -0.4 is 10.5 Å². The average Bonchev–Trinajstić information content (AvgIpc) is 3.32. The van der Waals surface area contributed by atoms with Crippen molar-refractivity contribution in [1.82, 2.24) is 9.88 Å². The van der Waals surface area contributed by atoms with Gasteiger partial charge in [0.2, 0.25) is 0 Å². The monoisotopic (exact) mass is 503 g/mol. The van der Waals surface area contributed by atoms with E-state index < -0.39 is 11.9 Å². The highest BCUT2D eigenvalue weighted by atomic mass is 35.5. The summed E-state index contributed by atoms with van der Waals surface area (Å²) in [5.74, 6) is -0.231. The molecule has 6 nitrogen and oxygen atoms in total. The molecule has 0 aliphatic carbocycles. The van der Waals surface area contributed by atoms with Gasteiger partial charge in [0.1, 0.15) is 11.9 Å². The SMILES string of the molecule is CC(Oc1cc(-c2ccc(C(=O)N3CCCC3CO)cc2)cnc1N)c1c(Cl)ccc(F)c1Cl. The Kier molecular flexibility index (Phi) is 7.26. The molecule has 178 valence electrons. The van der Waals surface area contributed by atoms with Gasteiger partial charge in [-0.05, 0) is 55.7 Å². The fraction of sp³-hybridized carbons (Fsp3) is 0.280. The first-order chi connectivity index (χ1) is 16.3. The van der Waals surface area contributed by atoms with E-state index in [4.69, 9.17) is 33.7 Å². The van der Waals surface area contributed by atoms with Gasteiger partial charge in [0.15, 0.2) is 11.6 Å². The number of aromatic nitrogens is 1. The zero-order chi connectivity index (χ0) is 24.4. The van der Waals surface area contributed by atoms with Gasteiger partial charge in [-0.15, -0.1) is 0 Å². The van der Waals surface area contributed by atoms with Crippen molar-refractivity contribution in [2.75, 3.05) is 18.9 Å². The summed E-state index contributed by atoms with van der Waals surface area (Å²) >= 11 is 12.3. The number of pyridine rings is 1. The number of likely N-dealkylation sites (tertiary alicyclic amines) is 1. The lowest BCUT2D eigenvalue weighted by Gasteiger charge is -2.23. The van der Waals surface area contributed by atoms with E-state index in [0.29, 0.717) is 23.4 Å². The topological polar surface area (TPSA) is 88.7 Å². The molecule has 0 saturated carbocycles. The lowest BCUT2D eigenvalue weighted by Crippen LogP contribution is -2.37. The van der Waals surface area contributed by atoms with E-state index in [2.05, 4.69) is 4.98 Å². The van der Waals surface area contributed by atoms with E-state index in [0.717, 1.165) is 24.0 Å². The number of aliphatic hydroxyl groups is 1. The van der Waals surface area contributed by atoms with Crippen LogP contribution in [0.4, 0.5) is 10.2 Å². The number of rotatable bonds is 6. The molecule has 2 atom stereocenters. The first-order valence-corrected chi connectivity index (χ1v) is 11.6. The van der Waals surface area contributed by atoms with Crippen LogP contribution in [0.5, 0.6) is 5.75 Å². The van der Waals surface area contributed by atoms with E-state index in [9.17, 15) is 14.3 Å². The van der Waals surface area contributed by atoms with E-state index in [1.807, 2.05) is 12.1 Å². The number of nitrogen functional groups attached to an aromatic ring is 1. The highest BCUT2D eigenvalue weighted by molar-refractivity contribution is 6.36. The lowest BCUT2D eigenvalue weighted by molar-refractivity contribution is 0.0677. The number of amides is 1. The third-order valence-corrected chi connectivity index (χ3v) is 6.70. The minimum atomic E-state index is -0.685. The molecule has 4 rings (SSSR count). The summed E-state index contributed by atoms with van der Waals surface area (Å²) in [5, 5.41) is 9.67. The number of hydrogen-bond acceptors (Lipinski definition) is 5. The Hall–Kier alpha value is -2.87. The van der Waals surface area contributed by atoms with E-state index in [1.165, 1.54) is 12.1 Å². The van der Waals surface area contributed by atoms with Crippen molar-refractivity contribution in [2.24, 2.45) is 0 Å². The minimum Gasteiger partial charge on any atom is -0.482 e. The summed E-state index contributed by atoms with van der Waals surface area (Å²) in [5.41, 5.74) is 8.41. The number of nitrogens with zero attached hydrogens (tertiary/aromatic N) is 2. The van der Waals surface area contributed by atoms with Crippen LogP contribution in [0.2, 0.25) is 10.0 Å². The van der Waals surface area contributed by atoms with Crippen LogP contribution >= 0.6 is 23.2 Å². The number of ether oxygens (including phenoxy) is 1. The first-order valence-electron chi connectivity index (χ1n) is 10.9. The van der Waals surface area contributed by atoms with Crippen molar-refractivity contribution < 1.29 is 19.0 Å². The molecule has 9 heteroatoms. The summed E-state index contributed by atoms with van der Waals surface area (Å²) < 4.78 is 19.9. The third kappa shape index (κ3) is 4.82. The highest BCUT2D eigenvalue weighted by Gasteiger charge is 2.28. The number of benzene rings is 2. The number of carbonyl (C=O) groups excluding carboxylic acids is 1. The molecule has 2 heterocycles. The first kappa shape index (κ1) is 24.3. The molecule has 1 aromatic heterocycles. The van der Waals surface area contributed by atoms with Crippen molar-refractivity contribution >= 4 is 34.9 Å².